The maximum absolute atomic E-state index is 12.7. The van der Waals surface area contributed by atoms with E-state index in [0.717, 1.165) is 0 Å². The second-order valence-corrected chi connectivity index (χ2v) is 7.26. The Morgan fingerprint density at radius 1 is 0.692 bits per heavy atom. The molecule has 0 aliphatic carbocycles. The molecule has 0 aliphatic rings. The van der Waals surface area contributed by atoms with E-state index < -0.39 is 10.0 Å². The molecule has 0 saturated heterocycles. The Kier molecular flexibility index (Phi) is 5.29. The molecule has 1 N–H and O–H groups in total. The predicted molar refractivity (Wildman–Crippen MR) is 102 cm³/mol. The third-order valence-corrected chi connectivity index (χ3v) is 5.10. The molecule has 0 spiro atoms. The number of benzene rings is 3. The highest BCUT2D eigenvalue weighted by atomic mass is 32.2. The quantitative estimate of drug-likeness (QED) is 0.534. The standard InChI is InChI=1S/C21H17NO3S/c23-21(18-12-6-2-7-13-18)16-20(17-10-4-1-5-11-17)22-26(24,25)19-14-8-3-9-15-19/h1-16,22H/b20-16-. The summed E-state index contributed by atoms with van der Waals surface area (Å²) in [5, 5.41) is 0. The van der Waals surface area contributed by atoms with E-state index in [1.54, 1.807) is 66.7 Å². The maximum Gasteiger partial charge on any atom is 0.261 e. The summed E-state index contributed by atoms with van der Waals surface area (Å²) in [5.74, 6) is -0.278. The summed E-state index contributed by atoms with van der Waals surface area (Å²) in [4.78, 5) is 12.7. The molecule has 0 saturated carbocycles. The molecule has 0 aromatic heterocycles. The topological polar surface area (TPSA) is 63.2 Å². The molecule has 0 radical (unpaired) electrons. The Labute approximate surface area is 152 Å². The number of allylic oxidation sites excluding steroid dienone is 1. The van der Waals surface area contributed by atoms with Crippen LogP contribution in [0.25, 0.3) is 5.70 Å². The lowest BCUT2D eigenvalue weighted by Crippen LogP contribution is -2.23. The van der Waals surface area contributed by atoms with Crippen LogP contribution in [0.5, 0.6) is 0 Å². The van der Waals surface area contributed by atoms with Gasteiger partial charge in [-0.2, -0.15) is 0 Å². The van der Waals surface area contributed by atoms with Crippen LogP contribution in [0.4, 0.5) is 0 Å². The van der Waals surface area contributed by atoms with Crippen LogP contribution in [0.15, 0.2) is 102 Å². The van der Waals surface area contributed by atoms with Gasteiger partial charge in [0, 0.05) is 11.6 Å². The van der Waals surface area contributed by atoms with Crippen molar-refractivity contribution in [2.24, 2.45) is 0 Å². The lowest BCUT2D eigenvalue weighted by molar-refractivity contribution is 0.104. The summed E-state index contributed by atoms with van der Waals surface area (Å²) in [7, 11) is -3.81. The number of ketones is 1. The summed E-state index contributed by atoms with van der Waals surface area (Å²) in [5.41, 5.74) is 1.32. The minimum absolute atomic E-state index is 0.133. The fourth-order valence-electron chi connectivity index (χ4n) is 2.41. The molecule has 4 nitrogen and oxygen atoms in total. The van der Waals surface area contributed by atoms with Crippen LogP contribution in [-0.4, -0.2) is 14.2 Å². The molecular formula is C21H17NO3S. The molecule has 5 heteroatoms. The van der Waals surface area contributed by atoms with E-state index in [1.165, 1.54) is 18.2 Å². The van der Waals surface area contributed by atoms with Crippen molar-refractivity contribution in [1.82, 2.24) is 4.72 Å². The fourth-order valence-corrected chi connectivity index (χ4v) is 3.51. The van der Waals surface area contributed by atoms with Gasteiger partial charge in [0.25, 0.3) is 10.0 Å². The number of hydrogen-bond acceptors (Lipinski definition) is 3. The van der Waals surface area contributed by atoms with E-state index in [-0.39, 0.29) is 16.4 Å². The molecular weight excluding hydrogens is 346 g/mol. The summed E-state index contributed by atoms with van der Waals surface area (Å²) in [6.45, 7) is 0. The van der Waals surface area contributed by atoms with Crippen molar-refractivity contribution in [3.05, 3.63) is 108 Å². The van der Waals surface area contributed by atoms with Crippen molar-refractivity contribution in [1.29, 1.82) is 0 Å². The zero-order valence-corrected chi connectivity index (χ0v) is 14.7. The van der Waals surface area contributed by atoms with Crippen LogP contribution < -0.4 is 4.72 Å². The second kappa shape index (κ2) is 7.80. The number of nitrogens with one attached hydrogen (secondary N) is 1. The molecule has 3 aromatic rings. The van der Waals surface area contributed by atoms with Crippen LogP contribution in [0.2, 0.25) is 0 Å². The summed E-state index contributed by atoms with van der Waals surface area (Å²) in [6, 6.07) is 25.7. The van der Waals surface area contributed by atoms with E-state index in [1.807, 2.05) is 12.1 Å². The molecule has 26 heavy (non-hydrogen) atoms. The van der Waals surface area contributed by atoms with Crippen LogP contribution >= 0.6 is 0 Å². The molecule has 0 bridgehead atoms. The van der Waals surface area contributed by atoms with E-state index in [0.29, 0.717) is 11.1 Å². The van der Waals surface area contributed by atoms with Gasteiger partial charge in [-0.3, -0.25) is 9.52 Å². The van der Waals surface area contributed by atoms with Gasteiger partial charge in [0.1, 0.15) is 0 Å². The molecule has 0 unspecified atom stereocenters. The minimum Gasteiger partial charge on any atom is -0.289 e. The summed E-state index contributed by atoms with van der Waals surface area (Å²) in [6.07, 6.45) is 1.31. The normalized spacial score (nSPS) is 11.8. The minimum atomic E-state index is -3.81. The van der Waals surface area contributed by atoms with Gasteiger partial charge in [-0.1, -0.05) is 78.9 Å². The lowest BCUT2D eigenvalue weighted by Gasteiger charge is -2.12. The molecule has 0 atom stereocenters. The molecule has 3 rings (SSSR count). The van der Waals surface area contributed by atoms with Crippen molar-refractivity contribution >= 4 is 21.5 Å². The largest absolute Gasteiger partial charge is 0.289 e. The van der Waals surface area contributed by atoms with Crippen molar-refractivity contribution in [2.45, 2.75) is 4.90 Å². The molecule has 0 aliphatic heterocycles. The van der Waals surface area contributed by atoms with Gasteiger partial charge in [-0.15, -0.1) is 0 Å². The van der Waals surface area contributed by atoms with Crippen molar-refractivity contribution in [2.75, 3.05) is 0 Å². The van der Waals surface area contributed by atoms with Crippen molar-refractivity contribution in [3.8, 4) is 0 Å². The zero-order valence-electron chi connectivity index (χ0n) is 13.9. The Bertz CT molecular complexity index is 1010. The first-order chi connectivity index (χ1) is 12.6. The highest BCUT2D eigenvalue weighted by Gasteiger charge is 2.17. The highest BCUT2D eigenvalue weighted by Crippen LogP contribution is 2.17. The first kappa shape index (κ1) is 17.6. The zero-order chi connectivity index (χ0) is 18.4. The molecule has 0 amide bonds. The van der Waals surface area contributed by atoms with E-state index >= 15 is 0 Å². The van der Waals surface area contributed by atoms with E-state index in [9.17, 15) is 13.2 Å². The van der Waals surface area contributed by atoms with Gasteiger partial charge in [-0.05, 0) is 17.7 Å². The first-order valence-corrected chi connectivity index (χ1v) is 9.49. The Morgan fingerprint density at radius 2 is 1.15 bits per heavy atom. The van der Waals surface area contributed by atoms with Gasteiger partial charge < -0.3 is 0 Å². The lowest BCUT2D eigenvalue weighted by atomic mass is 10.1. The van der Waals surface area contributed by atoms with E-state index in [4.69, 9.17) is 0 Å². The monoisotopic (exact) mass is 363 g/mol. The molecule has 0 heterocycles. The van der Waals surface area contributed by atoms with Gasteiger partial charge in [0.15, 0.2) is 5.78 Å². The fraction of sp³-hybridized carbons (Fsp3) is 0. The van der Waals surface area contributed by atoms with Crippen molar-refractivity contribution in [3.63, 3.8) is 0 Å². The van der Waals surface area contributed by atoms with Crippen LogP contribution in [-0.2, 0) is 10.0 Å². The third-order valence-electron chi connectivity index (χ3n) is 3.72. The van der Waals surface area contributed by atoms with Crippen LogP contribution in [0.1, 0.15) is 15.9 Å². The molecule has 3 aromatic carbocycles. The van der Waals surface area contributed by atoms with Gasteiger partial charge in [0.05, 0.1) is 10.6 Å². The predicted octanol–water partition coefficient (Wildman–Crippen LogP) is 3.89. The summed E-state index contributed by atoms with van der Waals surface area (Å²) >= 11 is 0. The Balaban J connectivity index is 2.00. The number of hydrogen-bond donors (Lipinski definition) is 1. The summed E-state index contributed by atoms with van der Waals surface area (Å²) < 4.78 is 27.9. The SMILES string of the molecule is O=C(/C=C(\NS(=O)(=O)c1ccccc1)c1ccccc1)c1ccccc1. The third kappa shape index (κ3) is 4.26. The van der Waals surface area contributed by atoms with Crippen LogP contribution in [0, 0.1) is 0 Å². The number of carbonyl (C=O) groups excluding carboxylic acids is 1. The van der Waals surface area contributed by atoms with Crippen LogP contribution in [0.3, 0.4) is 0 Å². The second-order valence-electron chi connectivity index (χ2n) is 5.57. The maximum atomic E-state index is 12.7. The van der Waals surface area contributed by atoms with E-state index in [2.05, 4.69) is 4.72 Å². The van der Waals surface area contributed by atoms with Crippen molar-refractivity contribution < 1.29 is 13.2 Å². The Hall–Kier alpha value is -3.18. The van der Waals surface area contributed by atoms with Gasteiger partial charge in [-0.25, -0.2) is 8.42 Å². The van der Waals surface area contributed by atoms with Gasteiger partial charge >= 0.3 is 0 Å². The average Bonchev–Trinajstić information content (AvgIpc) is 2.69. The first-order valence-electron chi connectivity index (χ1n) is 8.01. The number of rotatable bonds is 6. The van der Waals surface area contributed by atoms with Gasteiger partial charge in [0.2, 0.25) is 0 Å². The smallest absolute Gasteiger partial charge is 0.261 e. The molecule has 0 fully saturated rings. The molecule has 130 valence electrons. The number of carbonyl (C=O) groups is 1. The Morgan fingerprint density at radius 3 is 1.69 bits per heavy atom. The average molecular weight is 363 g/mol. The number of sulfonamides is 1. The highest BCUT2D eigenvalue weighted by molar-refractivity contribution is 7.89.